The van der Waals surface area contributed by atoms with Crippen molar-refractivity contribution in [1.29, 1.82) is 0 Å². The van der Waals surface area contributed by atoms with E-state index in [4.69, 9.17) is 0 Å². The van der Waals surface area contributed by atoms with Crippen LogP contribution in [0.4, 0.5) is 13.2 Å². The zero-order valence-electron chi connectivity index (χ0n) is 16.4. The molecular formula is C23H22F3N3. The lowest BCUT2D eigenvalue weighted by atomic mass is 10.0. The fourth-order valence-corrected chi connectivity index (χ4v) is 3.72. The van der Waals surface area contributed by atoms with E-state index in [0.717, 1.165) is 49.4 Å². The predicted molar refractivity (Wildman–Crippen MR) is 106 cm³/mol. The van der Waals surface area contributed by atoms with Gasteiger partial charge in [0, 0.05) is 43.4 Å². The monoisotopic (exact) mass is 397 g/mol. The van der Waals surface area contributed by atoms with Crippen LogP contribution in [0.3, 0.4) is 0 Å². The standard InChI is InChI=1S/C23H22F3N3/c1-15-3-4-18(16(2)11-15)13-29-10-9-21-19(14-29)12-27-22(28-21)17-5-7-20(8-6-17)23(24,25)26/h3-8,11-12H,9-10,13-14H2,1-2H3. The third kappa shape index (κ3) is 4.32. The maximum atomic E-state index is 12.7. The summed E-state index contributed by atoms with van der Waals surface area (Å²) < 4.78 is 38.2. The molecule has 0 N–H and O–H groups in total. The summed E-state index contributed by atoms with van der Waals surface area (Å²) in [6.45, 7) is 6.78. The lowest BCUT2D eigenvalue weighted by molar-refractivity contribution is -0.137. The van der Waals surface area contributed by atoms with Crippen molar-refractivity contribution >= 4 is 0 Å². The summed E-state index contributed by atoms with van der Waals surface area (Å²) >= 11 is 0. The minimum absolute atomic E-state index is 0.473. The molecule has 0 radical (unpaired) electrons. The Morgan fingerprint density at radius 1 is 1.03 bits per heavy atom. The number of nitrogens with zero attached hydrogens (tertiary/aromatic N) is 3. The molecule has 0 saturated carbocycles. The van der Waals surface area contributed by atoms with E-state index in [9.17, 15) is 13.2 Å². The Hall–Kier alpha value is -2.73. The molecule has 29 heavy (non-hydrogen) atoms. The van der Waals surface area contributed by atoms with Crippen molar-refractivity contribution in [2.45, 2.75) is 39.5 Å². The zero-order valence-corrected chi connectivity index (χ0v) is 16.4. The van der Waals surface area contributed by atoms with E-state index in [2.05, 4.69) is 46.9 Å². The molecule has 0 unspecified atom stereocenters. The quantitative estimate of drug-likeness (QED) is 0.598. The van der Waals surface area contributed by atoms with E-state index in [0.29, 0.717) is 11.4 Å². The number of aromatic nitrogens is 2. The van der Waals surface area contributed by atoms with E-state index in [-0.39, 0.29) is 0 Å². The Balaban J connectivity index is 1.50. The predicted octanol–water partition coefficient (Wildman–Crippen LogP) is 5.34. The minimum atomic E-state index is -4.34. The fraction of sp³-hybridized carbons (Fsp3) is 0.304. The molecule has 3 aromatic rings. The Labute approximate surface area is 168 Å². The lowest BCUT2D eigenvalue weighted by Gasteiger charge is -2.28. The first kappa shape index (κ1) is 19.6. The van der Waals surface area contributed by atoms with Crippen LogP contribution in [0.5, 0.6) is 0 Å². The second-order valence-corrected chi connectivity index (χ2v) is 7.63. The number of fused-ring (bicyclic) bond motifs is 1. The van der Waals surface area contributed by atoms with Crippen molar-refractivity contribution in [1.82, 2.24) is 14.9 Å². The largest absolute Gasteiger partial charge is 0.416 e. The second kappa shape index (κ2) is 7.59. The smallest absolute Gasteiger partial charge is 0.294 e. The maximum Gasteiger partial charge on any atom is 0.416 e. The molecule has 6 heteroatoms. The molecule has 0 aliphatic carbocycles. The van der Waals surface area contributed by atoms with Crippen LogP contribution >= 0.6 is 0 Å². The van der Waals surface area contributed by atoms with Gasteiger partial charge in [0.2, 0.25) is 0 Å². The Kier molecular flexibility index (Phi) is 5.13. The SMILES string of the molecule is Cc1ccc(CN2CCc3nc(-c4ccc(C(F)(F)F)cc4)ncc3C2)c(C)c1. The minimum Gasteiger partial charge on any atom is -0.294 e. The molecule has 150 valence electrons. The van der Waals surface area contributed by atoms with Crippen molar-refractivity contribution < 1.29 is 13.2 Å². The topological polar surface area (TPSA) is 29.0 Å². The number of aryl methyl sites for hydroxylation is 2. The summed E-state index contributed by atoms with van der Waals surface area (Å²) in [5.41, 5.74) is 5.87. The van der Waals surface area contributed by atoms with E-state index in [1.807, 2.05) is 6.20 Å². The normalized spacial score (nSPS) is 14.7. The molecule has 0 amide bonds. The maximum absolute atomic E-state index is 12.7. The lowest BCUT2D eigenvalue weighted by Crippen LogP contribution is -2.31. The molecule has 1 aliphatic rings. The third-order valence-electron chi connectivity index (χ3n) is 5.38. The molecule has 0 saturated heterocycles. The van der Waals surface area contributed by atoms with Gasteiger partial charge in [-0.15, -0.1) is 0 Å². The molecule has 0 fully saturated rings. The average Bonchev–Trinajstić information content (AvgIpc) is 2.69. The number of benzene rings is 2. The van der Waals surface area contributed by atoms with E-state index in [1.54, 1.807) is 0 Å². The Bertz CT molecular complexity index is 1030. The molecule has 0 spiro atoms. The molecule has 4 rings (SSSR count). The molecule has 1 aliphatic heterocycles. The van der Waals surface area contributed by atoms with Crippen LogP contribution in [-0.4, -0.2) is 21.4 Å². The fourth-order valence-electron chi connectivity index (χ4n) is 3.72. The molecular weight excluding hydrogens is 375 g/mol. The van der Waals surface area contributed by atoms with E-state index >= 15 is 0 Å². The van der Waals surface area contributed by atoms with E-state index in [1.165, 1.54) is 28.8 Å². The summed E-state index contributed by atoms with van der Waals surface area (Å²) in [4.78, 5) is 11.4. The number of halogens is 3. The highest BCUT2D eigenvalue weighted by Crippen LogP contribution is 2.30. The Morgan fingerprint density at radius 2 is 1.79 bits per heavy atom. The summed E-state index contributed by atoms with van der Waals surface area (Å²) in [7, 11) is 0. The highest BCUT2D eigenvalue weighted by Gasteiger charge is 2.30. The van der Waals surface area contributed by atoms with Crippen LogP contribution in [0, 0.1) is 13.8 Å². The molecule has 0 bridgehead atoms. The van der Waals surface area contributed by atoms with Crippen LogP contribution in [-0.2, 0) is 25.7 Å². The van der Waals surface area contributed by atoms with Crippen LogP contribution in [0.15, 0.2) is 48.7 Å². The summed E-state index contributed by atoms with van der Waals surface area (Å²) in [5.74, 6) is 0.473. The van der Waals surface area contributed by atoms with Crippen molar-refractivity contribution in [3.05, 3.63) is 82.2 Å². The van der Waals surface area contributed by atoms with Crippen LogP contribution in [0.1, 0.15) is 33.5 Å². The third-order valence-corrected chi connectivity index (χ3v) is 5.38. The van der Waals surface area contributed by atoms with Gasteiger partial charge < -0.3 is 0 Å². The zero-order chi connectivity index (χ0) is 20.6. The first-order valence-electron chi connectivity index (χ1n) is 9.60. The van der Waals surface area contributed by atoms with Gasteiger partial charge in [-0.3, -0.25) is 4.90 Å². The van der Waals surface area contributed by atoms with Gasteiger partial charge in [0.1, 0.15) is 0 Å². The summed E-state index contributed by atoms with van der Waals surface area (Å²) in [6, 6.07) is 11.5. The molecule has 1 aromatic heterocycles. The molecule has 2 heterocycles. The highest BCUT2D eigenvalue weighted by atomic mass is 19.4. The first-order valence-corrected chi connectivity index (χ1v) is 9.60. The van der Waals surface area contributed by atoms with Crippen LogP contribution < -0.4 is 0 Å². The van der Waals surface area contributed by atoms with Gasteiger partial charge in [-0.25, -0.2) is 9.97 Å². The van der Waals surface area contributed by atoms with E-state index < -0.39 is 11.7 Å². The van der Waals surface area contributed by atoms with Crippen LogP contribution in [0.2, 0.25) is 0 Å². The van der Waals surface area contributed by atoms with Gasteiger partial charge in [0.25, 0.3) is 0 Å². The molecule has 3 nitrogen and oxygen atoms in total. The highest BCUT2D eigenvalue weighted by molar-refractivity contribution is 5.56. The van der Waals surface area contributed by atoms with Gasteiger partial charge in [0.05, 0.1) is 11.3 Å². The van der Waals surface area contributed by atoms with Gasteiger partial charge in [0.15, 0.2) is 5.82 Å². The van der Waals surface area contributed by atoms with Gasteiger partial charge in [-0.05, 0) is 37.1 Å². The summed E-state index contributed by atoms with van der Waals surface area (Å²) in [5, 5.41) is 0. The van der Waals surface area contributed by atoms with Gasteiger partial charge >= 0.3 is 6.18 Å². The van der Waals surface area contributed by atoms with Crippen molar-refractivity contribution in [2.75, 3.05) is 6.54 Å². The average molecular weight is 397 g/mol. The number of rotatable bonds is 3. The molecule has 0 atom stereocenters. The first-order chi connectivity index (χ1) is 13.8. The van der Waals surface area contributed by atoms with Gasteiger partial charge in [-0.1, -0.05) is 35.9 Å². The Morgan fingerprint density at radius 3 is 2.48 bits per heavy atom. The van der Waals surface area contributed by atoms with Crippen molar-refractivity contribution in [3.8, 4) is 11.4 Å². The van der Waals surface area contributed by atoms with Crippen molar-refractivity contribution in [3.63, 3.8) is 0 Å². The van der Waals surface area contributed by atoms with Gasteiger partial charge in [-0.2, -0.15) is 13.2 Å². The number of alkyl halides is 3. The molecule has 2 aromatic carbocycles. The number of hydrogen-bond donors (Lipinski definition) is 0. The van der Waals surface area contributed by atoms with Crippen LogP contribution in [0.25, 0.3) is 11.4 Å². The second-order valence-electron chi connectivity index (χ2n) is 7.63. The number of hydrogen-bond acceptors (Lipinski definition) is 3. The summed E-state index contributed by atoms with van der Waals surface area (Å²) in [6.07, 6.45) is -1.73. The van der Waals surface area contributed by atoms with Crippen molar-refractivity contribution in [2.24, 2.45) is 0 Å².